The van der Waals surface area contributed by atoms with Gasteiger partial charge in [0.25, 0.3) is 0 Å². The van der Waals surface area contributed by atoms with Crippen molar-refractivity contribution in [2.45, 2.75) is 117 Å². The minimum Gasteiger partial charge on any atom is -0.508 e. The Kier molecular flexibility index (Phi) is 13.5. The highest BCUT2D eigenvalue weighted by Gasteiger charge is 2.31. The molecule has 268 valence electrons. The maximum Gasteiger partial charge on any atom is 0.436 e. The smallest absolute Gasteiger partial charge is 0.436 e. The highest BCUT2D eigenvalue weighted by molar-refractivity contribution is 6.03. The molecule has 0 aromatic heterocycles. The van der Waals surface area contributed by atoms with Crippen molar-refractivity contribution in [2.24, 2.45) is 10.7 Å². The number of amides is 2. The molecule has 49 heavy (non-hydrogen) atoms. The van der Waals surface area contributed by atoms with E-state index in [1.165, 1.54) is 18.2 Å². The molecule has 0 aliphatic rings. The number of phenols is 1. The van der Waals surface area contributed by atoms with Crippen LogP contribution in [0.15, 0.2) is 41.4 Å². The number of nitrogens with one attached hydrogen (secondary N) is 1. The van der Waals surface area contributed by atoms with E-state index in [4.69, 9.17) is 19.9 Å². The van der Waals surface area contributed by atoms with Gasteiger partial charge in [0.15, 0.2) is 0 Å². The number of nitrogens with two attached hydrogens (primary N) is 1. The summed E-state index contributed by atoms with van der Waals surface area (Å²) in [4.78, 5) is 66.6. The molecule has 2 aromatic rings. The van der Waals surface area contributed by atoms with Crippen LogP contribution in [0.3, 0.4) is 0 Å². The molecule has 0 heterocycles. The fourth-order valence-electron chi connectivity index (χ4n) is 4.65. The van der Waals surface area contributed by atoms with Gasteiger partial charge in [0.2, 0.25) is 5.91 Å². The molecule has 0 unspecified atom stereocenters. The van der Waals surface area contributed by atoms with Crippen molar-refractivity contribution in [3.63, 3.8) is 0 Å². The summed E-state index contributed by atoms with van der Waals surface area (Å²) in [6.45, 7) is 15.1. The van der Waals surface area contributed by atoms with E-state index in [2.05, 4.69) is 10.3 Å². The molecule has 0 bridgehead atoms. The fourth-order valence-corrected chi connectivity index (χ4v) is 4.65. The lowest BCUT2D eigenvalue weighted by Gasteiger charge is -2.25. The number of aromatic hydroxyl groups is 1. The first kappa shape index (κ1) is 40.2. The Labute approximate surface area is 287 Å². The summed E-state index contributed by atoms with van der Waals surface area (Å²) in [5, 5.41) is 23.1. The Morgan fingerprint density at radius 2 is 1.43 bits per heavy atom. The number of hydrogen-bond acceptors (Lipinski definition) is 9. The number of carboxylic acid groups (broad SMARTS) is 1. The zero-order chi connectivity index (χ0) is 37.3. The second-order valence-corrected chi connectivity index (χ2v) is 14.5. The van der Waals surface area contributed by atoms with E-state index in [1.54, 1.807) is 80.5 Å². The molecule has 0 saturated heterocycles. The van der Waals surface area contributed by atoms with Crippen LogP contribution in [0.4, 0.5) is 4.79 Å². The standard InChI is InChI=1S/C36H49N3O10/c1-34(2,3)47-29(42)20-26(32(45)48-35(4,5)6)38-28(41)18-15-21-11-10-12-25(31(43)44)24(21)16-13-22-19-23(14-17-27(22)40)30(37)39-33(46)49-36(7,8)9/h10-12,14,17,19,26,40H,13,15-16,18,20H2,1-9H3,(H,38,41)(H,43,44)(H2,37,39,46)/t26-/m0/s1. The minimum atomic E-state index is -1.30. The highest BCUT2D eigenvalue weighted by atomic mass is 16.6. The molecule has 0 aliphatic carbocycles. The Bertz CT molecular complexity index is 1580. The highest BCUT2D eigenvalue weighted by Crippen LogP contribution is 2.25. The molecule has 0 aliphatic heterocycles. The van der Waals surface area contributed by atoms with E-state index in [0.717, 1.165) is 0 Å². The van der Waals surface area contributed by atoms with Crippen LogP contribution in [0.25, 0.3) is 0 Å². The molecule has 2 rings (SSSR count). The van der Waals surface area contributed by atoms with Crippen molar-refractivity contribution in [3.05, 3.63) is 64.2 Å². The van der Waals surface area contributed by atoms with Crippen LogP contribution >= 0.6 is 0 Å². The van der Waals surface area contributed by atoms with Gasteiger partial charge in [-0.1, -0.05) is 12.1 Å². The maximum atomic E-state index is 13.1. The number of carbonyl (C=O) groups is 5. The van der Waals surface area contributed by atoms with E-state index < -0.39 is 59.2 Å². The van der Waals surface area contributed by atoms with Crippen LogP contribution in [0.2, 0.25) is 0 Å². The van der Waals surface area contributed by atoms with Gasteiger partial charge in [-0.2, -0.15) is 4.99 Å². The summed E-state index contributed by atoms with van der Waals surface area (Å²) in [7, 11) is 0. The predicted octanol–water partition coefficient (Wildman–Crippen LogP) is 5.01. The monoisotopic (exact) mass is 683 g/mol. The van der Waals surface area contributed by atoms with E-state index in [1.807, 2.05) is 0 Å². The van der Waals surface area contributed by atoms with Crippen molar-refractivity contribution in [2.75, 3.05) is 0 Å². The predicted molar refractivity (Wildman–Crippen MR) is 182 cm³/mol. The third kappa shape index (κ3) is 14.4. The molecule has 0 saturated carbocycles. The topological polar surface area (TPSA) is 204 Å². The summed E-state index contributed by atoms with van der Waals surface area (Å²) in [6, 6.07) is 7.85. The number of carbonyl (C=O) groups excluding carboxylic acids is 4. The van der Waals surface area contributed by atoms with Crippen molar-refractivity contribution in [3.8, 4) is 5.75 Å². The third-order valence-electron chi connectivity index (χ3n) is 6.57. The van der Waals surface area contributed by atoms with Gasteiger partial charge in [-0.15, -0.1) is 0 Å². The van der Waals surface area contributed by atoms with Gasteiger partial charge < -0.3 is 35.5 Å². The largest absolute Gasteiger partial charge is 0.508 e. The number of nitrogens with zero attached hydrogens (tertiary/aromatic N) is 1. The summed E-state index contributed by atoms with van der Waals surface area (Å²) in [5.74, 6) is -3.40. The first-order chi connectivity index (χ1) is 22.4. The van der Waals surface area contributed by atoms with Gasteiger partial charge in [-0.25, -0.2) is 14.4 Å². The fraction of sp³-hybridized carbons (Fsp3) is 0.500. The van der Waals surface area contributed by atoms with Crippen LogP contribution in [0, 0.1) is 0 Å². The van der Waals surface area contributed by atoms with E-state index in [0.29, 0.717) is 22.3 Å². The number of benzene rings is 2. The number of esters is 2. The second-order valence-electron chi connectivity index (χ2n) is 14.5. The van der Waals surface area contributed by atoms with Crippen molar-refractivity contribution < 1.29 is 48.4 Å². The Morgan fingerprint density at radius 1 is 0.816 bits per heavy atom. The summed E-state index contributed by atoms with van der Waals surface area (Å²) in [6.07, 6.45) is -0.990. The zero-order valence-corrected chi connectivity index (χ0v) is 29.8. The van der Waals surface area contributed by atoms with Crippen LogP contribution in [-0.4, -0.2) is 68.8 Å². The molecule has 2 amide bonds. The normalized spacial score (nSPS) is 12.9. The summed E-state index contributed by atoms with van der Waals surface area (Å²) in [5.41, 5.74) is 5.40. The molecule has 5 N–H and O–H groups in total. The molecule has 0 radical (unpaired) electrons. The molecule has 0 fully saturated rings. The van der Waals surface area contributed by atoms with Gasteiger partial charge in [0, 0.05) is 12.0 Å². The minimum absolute atomic E-state index is 0.0242. The van der Waals surface area contributed by atoms with Crippen LogP contribution < -0.4 is 11.1 Å². The molecular formula is C36H49N3O10. The lowest BCUT2D eigenvalue weighted by atomic mass is 9.92. The quantitative estimate of drug-likeness (QED) is 0.101. The first-order valence-corrected chi connectivity index (χ1v) is 15.9. The molecule has 13 heteroatoms. The number of aromatic carboxylic acids is 1. The number of amidine groups is 1. The van der Waals surface area contributed by atoms with Gasteiger partial charge in [-0.05, 0) is 123 Å². The van der Waals surface area contributed by atoms with Crippen LogP contribution in [-0.2, 0) is 47.9 Å². The molecule has 1 atom stereocenters. The zero-order valence-electron chi connectivity index (χ0n) is 29.8. The number of ether oxygens (including phenoxy) is 3. The van der Waals surface area contributed by atoms with E-state index in [9.17, 15) is 34.2 Å². The van der Waals surface area contributed by atoms with Crippen molar-refractivity contribution in [1.29, 1.82) is 0 Å². The SMILES string of the molecule is CC(C)(C)OC(=O)C[C@H](NC(=O)CCc1cccc(C(=O)O)c1CCc1cc(/C(N)=N\C(=O)OC(C)(C)C)ccc1O)C(=O)OC(C)(C)C. The molecule has 2 aromatic carbocycles. The average Bonchev–Trinajstić information content (AvgIpc) is 2.92. The van der Waals surface area contributed by atoms with Gasteiger partial charge in [-0.3, -0.25) is 9.59 Å². The van der Waals surface area contributed by atoms with Gasteiger partial charge >= 0.3 is 24.0 Å². The summed E-state index contributed by atoms with van der Waals surface area (Å²) >= 11 is 0. The maximum absolute atomic E-state index is 13.1. The number of phenolic OH excluding ortho intramolecular Hbond substituents is 1. The third-order valence-corrected chi connectivity index (χ3v) is 6.57. The first-order valence-electron chi connectivity index (χ1n) is 15.9. The van der Waals surface area contributed by atoms with Crippen LogP contribution in [0.1, 0.15) is 108 Å². The molecule has 0 spiro atoms. The molecular weight excluding hydrogens is 634 g/mol. The number of rotatable bonds is 12. The average molecular weight is 684 g/mol. The van der Waals surface area contributed by atoms with E-state index in [-0.39, 0.29) is 42.8 Å². The lowest BCUT2D eigenvalue weighted by molar-refractivity contribution is -0.165. The van der Waals surface area contributed by atoms with Crippen molar-refractivity contribution >= 4 is 35.7 Å². The number of carboxylic acids is 1. The van der Waals surface area contributed by atoms with Gasteiger partial charge in [0.1, 0.15) is 34.4 Å². The Hall–Kier alpha value is -4.94. The van der Waals surface area contributed by atoms with Crippen LogP contribution in [0.5, 0.6) is 5.75 Å². The number of aryl methyl sites for hydroxylation is 2. The second kappa shape index (κ2) is 16.4. The van der Waals surface area contributed by atoms with Crippen molar-refractivity contribution in [1.82, 2.24) is 5.32 Å². The summed E-state index contributed by atoms with van der Waals surface area (Å²) < 4.78 is 15.9. The Morgan fingerprint density at radius 3 is 2.00 bits per heavy atom. The van der Waals surface area contributed by atoms with Gasteiger partial charge in [0.05, 0.1) is 12.0 Å². The lowest BCUT2D eigenvalue weighted by Crippen LogP contribution is -2.46. The van der Waals surface area contributed by atoms with E-state index >= 15 is 0 Å². The number of hydrogen-bond donors (Lipinski definition) is 4. The Balaban J connectivity index is 2.27. The molecule has 13 nitrogen and oxygen atoms in total. The number of aliphatic imine (C=N–C) groups is 1.